The molecule has 0 bridgehead atoms. The molecule has 3 N–H and O–H groups in total. The van der Waals surface area contributed by atoms with Gasteiger partial charge in [-0.2, -0.15) is 9.57 Å². The van der Waals surface area contributed by atoms with E-state index in [0.29, 0.717) is 18.6 Å². The average molecular weight is 544 g/mol. The Bertz CT molecular complexity index is 1180. The summed E-state index contributed by atoms with van der Waals surface area (Å²) in [5, 5.41) is 32.4. The molecule has 206 valence electrons. The molecule has 0 aliphatic heterocycles. The number of ether oxygens (including phenoxy) is 1. The SMILES string of the molecule is COc1ccc(S(=O)(=O)N(C[C@@H](O)[C@H](Cc2ccccc2)NC(=O)O)CC2(CCC#N)CCCCC2)cc1. The molecule has 10 heteroatoms. The van der Waals surface area contributed by atoms with E-state index in [1.807, 2.05) is 30.3 Å². The minimum absolute atomic E-state index is 0.0579. The molecule has 0 radical (unpaired) electrons. The van der Waals surface area contributed by atoms with Crippen molar-refractivity contribution in [3.8, 4) is 11.8 Å². The molecule has 1 aliphatic carbocycles. The number of nitrogens with one attached hydrogen (secondary N) is 1. The van der Waals surface area contributed by atoms with Gasteiger partial charge in [-0.05, 0) is 60.9 Å². The van der Waals surface area contributed by atoms with Gasteiger partial charge in [0.05, 0.1) is 30.2 Å². The number of aliphatic hydroxyl groups excluding tert-OH is 1. The number of aliphatic hydroxyl groups is 1. The van der Waals surface area contributed by atoms with Crippen LogP contribution in [0.25, 0.3) is 0 Å². The van der Waals surface area contributed by atoms with Gasteiger partial charge in [0.1, 0.15) is 5.75 Å². The zero-order chi connectivity index (χ0) is 27.6. The Hall–Kier alpha value is -3.13. The Balaban J connectivity index is 1.95. The Morgan fingerprint density at radius 2 is 1.79 bits per heavy atom. The zero-order valence-corrected chi connectivity index (χ0v) is 22.6. The summed E-state index contributed by atoms with van der Waals surface area (Å²) < 4.78 is 34.3. The van der Waals surface area contributed by atoms with Crippen molar-refractivity contribution in [3.05, 3.63) is 60.2 Å². The number of carboxylic acid groups (broad SMARTS) is 1. The Morgan fingerprint density at radius 1 is 1.13 bits per heavy atom. The van der Waals surface area contributed by atoms with Crippen LogP contribution in [0.2, 0.25) is 0 Å². The van der Waals surface area contributed by atoms with Gasteiger partial charge in [-0.25, -0.2) is 13.2 Å². The van der Waals surface area contributed by atoms with E-state index >= 15 is 0 Å². The highest BCUT2D eigenvalue weighted by Gasteiger charge is 2.39. The Morgan fingerprint density at radius 3 is 2.37 bits per heavy atom. The minimum atomic E-state index is -4.06. The fraction of sp³-hybridized carbons (Fsp3) is 0.500. The smallest absolute Gasteiger partial charge is 0.404 e. The van der Waals surface area contributed by atoms with Crippen molar-refractivity contribution >= 4 is 16.1 Å². The molecule has 9 nitrogen and oxygen atoms in total. The summed E-state index contributed by atoms with van der Waals surface area (Å²) >= 11 is 0. The molecule has 0 aromatic heterocycles. The van der Waals surface area contributed by atoms with Crippen molar-refractivity contribution in [3.63, 3.8) is 0 Å². The van der Waals surface area contributed by atoms with E-state index < -0.39 is 28.3 Å². The molecule has 2 aromatic carbocycles. The standard InChI is InChI=1S/C28H37N3O6S/c1-37-23-11-13-24(14-12-23)38(35,36)31(21-28(17-8-18-29)15-6-3-7-16-28)20-26(32)25(30-27(33)34)19-22-9-4-2-5-10-22/h2,4-5,9-14,25-26,30,32H,3,6-8,15-17,19-21H2,1H3,(H,33,34)/t25-,26+/m0/s1. The van der Waals surface area contributed by atoms with E-state index in [9.17, 15) is 28.7 Å². The van der Waals surface area contributed by atoms with Gasteiger partial charge in [0.2, 0.25) is 10.0 Å². The first-order chi connectivity index (χ1) is 18.2. The topological polar surface area (TPSA) is 140 Å². The van der Waals surface area contributed by atoms with Crippen LogP contribution in [-0.4, -0.2) is 61.4 Å². The maximum Gasteiger partial charge on any atom is 0.404 e. The van der Waals surface area contributed by atoms with E-state index in [2.05, 4.69) is 11.4 Å². The monoisotopic (exact) mass is 543 g/mol. The summed E-state index contributed by atoms with van der Waals surface area (Å²) in [5.74, 6) is 0.516. The molecule has 1 fully saturated rings. The minimum Gasteiger partial charge on any atom is -0.497 e. The highest BCUT2D eigenvalue weighted by Crippen LogP contribution is 2.42. The predicted molar refractivity (Wildman–Crippen MR) is 143 cm³/mol. The maximum absolute atomic E-state index is 13.9. The second kappa shape index (κ2) is 13.6. The van der Waals surface area contributed by atoms with Gasteiger partial charge < -0.3 is 20.3 Å². The van der Waals surface area contributed by atoms with Gasteiger partial charge in [-0.15, -0.1) is 0 Å². The number of amides is 1. The van der Waals surface area contributed by atoms with Crippen LogP contribution in [0.4, 0.5) is 4.79 Å². The lowest BCUT2D eigenvalue weighted by atomic mass is 9.71. The number of nitriles is 1. The van der Waals surface area contributed by atoms with Gasteiger partial charge >= 0.3 is 6.09 Å². The van der Waals surface area contributed by atoms with E-state index in [0.717, 1.165) is 37.7 Å². The Labute approximate surface area is 225 Å². The number of sulfonamides is 1. The molecule has 0 unspecified atom stereocenters. The summed E-state index contributed by atoms with van der Waals surface area (Å²) in [6.07, 6.45) is 3.01. The molecule has 0 saturated heterocycles. The van der Waals surface area contributed by atoms with E-state index in [4.69, 9.17) is 4.74 Å². The molecule has 3 rings (SSSR count). The first kappa shape index (κ1) is 29.4. The molecule has 2 atom stereocenters. The lowest BCUT2D eigenvalue weighted by molar-refractivity contribution is 0.0750. The summed E-state index contributed by atoms with van der Waals surface area (Å²) in [5.41, 5.74) is 0.426. The van der Waals surface area contributed by atoms with Crippen molar-refractivity contribution in [1.82, 2.24) is 9.62 Å². The highest BCUT2D eigenvalue weighted by atomic mass is 32.2. The lowest BCUT2D eigenvalue weighted by Gasteiger charge is -2.41. The largest absolute Gasteiger partial charge is 0.497 e. The van der Waals surface area contributed by atoms with Crippen molar-refractivity contribution in [1.29, 1.82) is 5.26 Å². The van der Waals surface area contributed by atoms with Crippen LogP contribution in [0.3, 0.4) is 0 Å². The number of hydrogen-bond donors (Lipinski definition) is 3. The fourth-order valence-electron chi connectivity index (χ4n) is 5.27. The average Bonchev–Trinajstić information content (AvgIpc) is 2.92. The highest BCUT2D eigenvalue weighted by molar-refractivity contribution is 7.89. The number of methoxy groups -OCH3 is 1. The predicted octanol–water partition coefficient (Wildman–Crippen LogP) is 4.18. The number of benzene rings is 2. The van der Waals surface area contributed by atoms with Gasteiger partial charge in [-0.1, -0.05) is 49.6 Å². The van der Waals surface area contributed by atoms with Crippen molar-refractivity contribution < 1.29 is 28.2 Å². The van der Waals surface area contributed by atoms with Crippen LogP contribution in [0.1, 0.15) is 50.5 Å². The quantitative estimate of drug-likeness (QED) is 0.344. The molecule has 2 aromatic rings. The second-order valence-corrected chi connectivity index (χ2v) is 11.9. The van der Waals surface area contributed by atoms with E-state index in [1.54, 1.807) is 12.1 Å². The van der Waals surface area contributed by atoms with Crippen LogP contribution in [0.15, 0.2) is 59.5 Å². The molecule has 1 aliphatic rings. The molecular weight excluding hydrogens is 506 g/mol. The summed E-state index contributed by atoms with van der Waals surface area (Å²) in [6.45, 7) is -0.147. The van der Waals surface area contributed by atoms with Crippen LogP contribution in [-0.2, 0) is 16.4 Å². The lowest BCUT2D eigenvalue weighted by Crippen LogP contribution is -2.52. The molecule has 0 heterocycles. The first-order valence-electron chi connectivity index (χ1n) is 12.9. The zero-order valence-electron chi connectivity index (χ0n) is 21.8. The van der Waals surface area contributed by atoms with Gasteiger partial charge in [-0.3, -0.25) is 0 Å². The third-order valence-electron chi connectivity index (χ3n) is 7.35. The third kappa shape index (κ3) is 7.93. The number of nitrogens with zero attached hydrogens (tertiary/aromatic N) is 2. The number of rotatable bonds is 13. The van der Waals surface area contributed by atoms with Crippen LogP contribution in [0, 0.1) is 16.7 Å². The van der Waals surface area contributed by atoms with E-state index in [1.165, 1.54) is 23.5 Å². The van der Waals surface area contributed by atoms with Gasteiger partial charge in [0.15, 0.2) is 0 Å². The molecule has 1 amide bonds. The summed E-state index contributed by atoms with van der Waals surface area (Å²) in [6, 6.07) is 16.5. The molecule has 1 saturated carbocycles. The molecule has 38 heavy (non-hydrogen) atoms. The normalized spacial score (nSPS) is 16.8. The van der Waals surface area contributed by atoms with Crippen molar-refractivity contribution in [2.75, 3.05) is 20.2 Å². The number of carbonyl (C=O) groups is 1. The second-order valence-electron chi connectivity index (χ2n) is 10.0. The fourth-order valence-corrected chi connectivity index (χ4v) is 6.85. The van der Waals surface area contributed by atoms with Gasteiger partial charge in [0.25, 0.3) is 0 Å². The maximum atomic E-state index is 13.9. The van der Waals surface area contributed by atoms with Crippen LogP contribution >= 0.6 is 0 Å². The first-order valence-corrected chi connectivity index (χ1v) is 14.4. The van der Waals surface area contributed by atoms with Crippen LogP contribution in [0.5, 0.6) is 5.75 Å². The van der Waals surface area contributed by atoms with Crippen molar-refractivity contribution in [2.45, 2.75) is 68.4 Å². The van der Waals surface area contributed by atoms with E-state index in [-0.39, 0.29) is 29.8 Å². The summed E-state index contributed by atoms with van der Waals surface area (Å²) in [7, 11) is -2.56. The molecule has 0 spiro atoms. The molecular formula is C28H37N3O6S. The Kier molecular flexibility index (Phi) is 10.5. The third-order valence-corrected chi connectivity index (χ3v) is 9.18. The number of hydrogen-bond acceptors (Lipinski definition) is 6. The van der Waals surface area contributed by atoms with Crippen molar-refractivity contribution in [2.24, 2.45) is 5.41 Å². The van der Waals surface area contributed by atoms with Crippen LogP contribution < -0.4 is 10.1 Å². The van der Waals surface area contributed by atoms with Gasteiger partial charge in [0, 0.05) is 19.5 Å². The summed E-state index contributed by atoms with van der Waals surface area (Å²) in [4.78, 5) is 11.6.